The van der Waals surface area contributed by atoms with Gasteiger partial charge in [0.25, 0.3) is 0 Å². The number of amides is 1. The number of aromatic nitrogens is 1. The van der Waals surface area contributed by atoms with E-state index in [1.807, 2.05) is 24.0 Å². The highest BCUT2D eigenvalue weighted by atomic mass is 35.5. The van der Waals surface area contributed by atoms with E-state index in [1.54, 1.807) is 12.4 Å². The van der Waals surface area contributed by atoms with Crippen molar-refractivity contribution in [1.82, 2.24) is 9.88 Å². The van der Waals surface area contributed by atoms with Crippen molar-refractivity contribution in [3.8, 4) is 5.75 Å². The summed E-state index contributed by atoms with van der Waals surface area (Å²) in [5.74, 6) is -0.216. The summed E-state index contributed by atoms with van der Waals surface area (Å²) < 4.78 is 51.0. The van der Waals surface area contributed by atoms with Crippen molar-refractivity contribution in [3.63, 3.8) is 0 Å². The van der Waals surface area contributed by atoms with Gasteiger partial charge in [0.15, 0.2) is 0 Å². The Kier molecular flexibility index (Phi) is 8.10. The highest BCUT2D eigenvalue weighted by molar-refractivity contribution is 5.85. The molecule has 4 rings (SSSR count). The molecule has 3 heterocycles. The van der Waals surface area contributed by atoms with Crippen molar-refractivity contribution in [2.24, 2.45) is 5.73 Å². The number of likely N-dealkylation sites (tertiary alicyclic amines) is 1. The van der Waals surface area contributed by atoms with Crippen molar-refractivity contribution in [2.45, 2.75) is 56.0 Å². The van der Waals surface area contributed by atoms with E-state index in [1.165, 1.54) is 12.1 Å². The quantitative estimate of drug-likeness (QED) is 0.645. The SMILES string of the molecule is C[C@@H](c1cccnc1)C1CC(C(N)=O)(N2CCC(Oc3cccc(C(F)(F)F)c3)C2)CCO1.Cl. The predicted octanol–water partition coefficient (Wildman–Crippen LogP) is 4.18. The van der Waals surface area contributed by atoms with Gasteiger partial charge in [0, 0.05) is 44.4 Å². The lowest BCUT2D eigenvalue weighted by Gasteiger charge is -2.46. The summed E-state index contributed by atoms with van der Waals surface area (Å²) >= 11 is 0. The van der Waals surface area contributed by atoms with Gasteiger partial charge in [-0.2, -0.15) is 13.2 Å². The van der Waals surface area contributed by atoms with E-state index in [0.29, 0.717) is 39.0 Å². The van der Waals surface area contributed by atoms with Gasteiger partial charge in [-0.1, -0.05) is 19.1 Å². The van der Waals surface area contributed by atoms with Crippen LogP contribution < -0.4 is 10.5 Å². The molecular formula is C24H29ClF3N3O3. The lowest BCUT2D eigenvalue weighted by atomic mass is 9.79. The maximum absolute atomic E-state index is 13.0. The number of ether oxygens (including phenoxy) is 2. The molecule has 0 aliphatic carbocycles. The molecule has 2 N–H and O–H groups in total. The molecule has 1 aromatic carbocycles. The van der Waals surface area contributed by atoms with Crippen LogP contribution in [0.1, 0.15) is 43.2 Å². The summed E-state index contributed by atoms with van der Waals surface area (Å²) in [7, 11) is 0. The molecule has 2 aliphatic rings. The molecule has 0 spiro atoms. The van der Waals surface area contributed by atoms with Crippen LogP contribution in [-0.4, -0.2) is 53.2 Å². The van der Waals surface area contributed by atoms with E-state index < -0.39 is 23.2 Å². The second-order valence-corrected chi connectivity index (χ2v) is 8.83. The van der Waals surface area contributed by atoms with Gasteiger partial charge in [0.05, 0.1) is 11.7 Å². The molecule has 186 valence electrons. The maximum atomic E-state index is 13.0. The zero-order valence-corrected chi connectivity index (χ0v) is 19.6. The molecule has 2 fully saturated rings. The van der Waals surface area contributed by atoms with Gasteiger partial charge in [-0.15, -0.1) is 12.4 Å². The lowest BCUT2D eigenvalue weighted by Crippen LogP contribution is -2.61. The van der Waals surface area contributed by atoms with Crippen LogP contribution in [0.4, 0.5) is 13.2 Å². The number of carbonyl (C=O) groups excluding carboxylic acids is 1. The second-order valence-electron chi connectivity index (χ2n) is 8.83. The topological polar surface area (TPSA) is 77.7 Å². The molecule has 6 nitrogen and oxygen atoms in total. The average molecular weight is 500 g/mol. The molecule has 0 radical (unpaired) electrons. The normalized spacial score (nSPS) is 26.5. The van der Waals surface area contributed by atoms with Crippen LogP contribution in [0.3, 0.4) is 0 Å². The third kappa shape index (κ3) is 5.47. The first-order valence-corrected chi connectivity index (χ1v) is 11.1. The summed E-state index contributed by atoms with van der Waals surface area (Å²) in [6.45, 7) is 3.42. The molecule has 2 aromatic rings. The Hall–Kier alpha value is -2.36. The van der Waals surface area contributed by atoms with Crippen LogP contribution >= 0.6 is 12.4 Å². The number of nitrogens with zero attached hydrogens (tertiary/aromatic N) is 2. The summed E-state index contributed by atoms with van der Waals surface area (Å²) in [6.07, 6.45) is 0.0298. The van der Waals surface area contributed by atoms with Crippen LogP contribution in [0.15, 0.2) is 48.8 Å². The minimum atomic E-state index is -4.43. The third-order valence-electron chi connectivity index (χ3n) is 6.83. The zero-order valence-electron chi connectivity index (χ0n) is 18.8. The van der Waals surface area contributed by atoms with E-state index in [9.17, 15) is 18.0 Å². The Morgan fingerprint density at radius 2 is 2.12 bits per heavy atom. The fraction of sp³-hybridized carbons (Fsp3) is 0.500. The molecule has 0 bridgehead atoms. The molecule has 4 atom stereocenters. The number of primary amides is 1. The molecule has 0 saturated carbocycles. The molecule has 1 amide bonds. The first-order chi connectivity index (χ1) is 15.7. The Bertz CT molecular complexity index is 979. The van der Waals surface area contributed by atoms with E-state index >= 15 is 0 Å². The molecule has 2 aliphatic heterocycles. The van der Waals surface area contributed by atoms with E-state index in [0.717, 1.165) is 17.7 Å². The number of hydrogen-bond donors (Lipinski definition) is 1. The highest BCUT2D eigenvalue weighted by Gasteiger charge is 2.50. The van der Waals surface area contributed by atoms with E-state index in [-0.39, 0.29) is 36.3 Å². The Labute approximate surface area is 203 Å². The summed E-state index contributed by atoms with van der Waals surface area (Å²) in [4.78, 5) is 18.9. The summed E-state index contributed by atoms with van der Waals surface area (Å²) in [5.41, 5.74) is 5.32. The number of rotatable bonds is 6. The van der Waals surface area contributed by atoms with Gasteiger partial charge in [-0.05, 0) is 42.7 Å². The van der Waals surface area contributed by atoms with E-state index in [4.69, 9.17) is 15.2 Å². The Morgan fingerprint density at radius 3 is 2.79 bits per heavy atom. The first-order valence-electron chi connectivity index (χ1n) is 11.1. The maximum Gasteiger partial charge on any atom is 0.416 e. The fourth-order valence-electron chi connectivity index (χ4n) is 4.87. The minimum absolute atomic E-state index is 0. The van der Waals surface area contributed by atoms with Crippen molar-refractivity contribution < 1.29 is 27.4 Å². The molecular weight excluding hydrogens is 471 g/mol. The van der Waals surface area contributed by atoms with Crippen molar-refractivity contribution in [2.75, 3.05) is 19.7 Å². The molecule has 10 heteroatoms. The molecule has 1 aromatic heterocycles. The van der Waals surface area contributed by atoms with Gasteiger partial charge < -0.3 is 15.2 Å². The average Bonchev–Trinajstić information content (AvgIpc) is 3.27. The second kappa shape index (κ2) is 10.5. The summed E-state index contributed by atoms with van der Waals surface area (Å²) in [6, 6.07) is 8.72. The monoisotopic (exact) mass is 499 g/mol. The molecule has 3 unspecified atom stereocenters. The van der Waals surface area contributed by atoms with Crippen LogP contribution in [0.5, 0.6) is 5.75 Å². The van der Waals surface area contributed by atoms with Gasteiger partial charge in [0.2, 0.25) is 5.91 Å². The first kappa shape index (κ1) is 26.2. The highest BCUT2D eigenvalue weighted by Crippen LogP contribution is 2.39. The largest absolute Gasteiger partial charge is 0.489 e. The van der Waals surface area contributed by atoms with Crippen LogP contribution in [0, 0.1) is 0 Å². The third-order valence-corrected chi connectivity index (χ3v) is 6.83. The number of benzene rings is 1. The summed E-state index contributed by atoms with van der Waals surface area (Å²) in [5, 5.41) is 0. The Morgan fingerprint density at radius 1 is 1.32 bits per heavy atom. The van der Waals surface area contributed by atoms with Crippen LogP contribution in [-0.2, 0) is 15.7 Å². The fourth-order valence-corrected chi connectivity index (χ4v) is 4.87. The number of carbonyl (C=O) groups is 1. The Balaban J connectivity index is 0.00000324. The molecule has 2 saturated heterocycles. The van der Waals surface area contributed by atoms with Crippen LogP contribution in [0.2, 0.25) is 0 Å². The number of nitrogens with two attached hydrogens (primary N) is 1. The van der Waals surface area contributed by atoms with Crippen molar-refractivity contribution in [1.29, 1.82) is 0 Å². The van der Waals surface area contributed by atoms with E-state index in [2.05, 4.69) is 4.98 Å². The van der Waals surface area contributed by atoms with Crippen LogP contribution in [0.25, 0.3) is 0 Å². The number of alkyl halides is 3. The lowest BCUT2D eigenvalue weighted by molar-refractivity contribution is -0.142. The van der Waals surface area contributed by atoms with Gasteiger partial charge in [-0.25, -0.2) is 0 Å². The number of pyridine rings is 1. The standard InChI is InChI=1S/C24H28F3N3O3.ClH/c1-16(17-4-3-9-29-14-17)21-13-23(22(28)31,8-11-32-21)30-10-7-20(15-30)33-19-6-2-5-18(12-19)24(25,26)27;/h2-6,9,12,14,16,20-21H,7-8,10-11,13,15H2,1H3,(H2,28,31);1H/t16-,20?,21?,23?;/m0./s1. The van der Waals surface area contributed by atoms with Gasteiger partial charge >= 0.3 is 6.18 Å². The number of hydrogen-bond acceptors (Lipinski definition) is 5. The number of halogens is 4. The van der Waals surface area contributed by atoms with Gasteiger partial charge in [0.1, 0.15) is 17.4 Å². The minimum Gasteiger partial charge on any atom is -0.489 e. The smallest absolute Gasteiger partial charge is 0.416 e. The molecule has 34 heavy (non-hydrogen) atoms. The van der Waals surface area contributed by atoms with Crippen molar-refractivity contribution in [3.05, 3.63) is 59.9 Å². The van der Waals surface area contributed by atoms with Crippen molar-refractivity contribution >= 4 is 18.3 Å². The predicted molar refractivity (Wildman–Crippen MR) is 123 cm³/mol. The zero-order chi connectivity index (χ0) is 23.6. The van der Waals surface area contributed by atoms with Gasteiger partial charge in [-0.3, -0.25) is 14.7 Å².